The summed E-state index contributed by atoms with van der Waals surface area (Å²) in [6, 6.07) is 6.66. The SMILES string of the molecule is Cn1nnc2c(N3CCN(c4ccc([N+](=O)[O-])cc4)CC3)ncnc21. The van der Waals surface area contributed by atoms with Crippen molar-refractivity contribution in [2.24, 2.45) is 7.05 Å². The third kappa shape index (κ3) is 2.71. The highest BCUT2D eigenvalue weighted by Crippen LogP contribution is 2.24. The molecule has 1 aliphatic heterocycles. The van der Waals surface area contributed by atoms with Crippen LogP contribution in [0.3, 0.4) is 0 Å². The Morgan fingerprint density at radius 1 is 1.04 bits per heavy atom. The largest absolute Gasteiger partial charge is 0.368 e. The van der Waals surface area contributed by atoms with E-state index in [1.54, 1.807) is 23.9 Å². The second kappa shape index (κ2) is 5.96. The predicted octanol–water partition coefficient (Wildman–Crippen LogP) is 0.993. The number of hydrogen-bond donors (Lipinski definition) is 0. The quantitative estimate of drug-likeness (QED) is 0.513. The molecule has 0 spiro atoms. The highest BCUT2D eigenvalue weighted by molar-refractivity contribution is 5.82. The molecule has 0 saturated carbocycles. The van der Waals surface area contributed by atoms with Gasteiger partial charge in [0.25, 0.3) is 5.69 Å². The van der Waals surface area contributed by atoms with Gasteiger partial charge in [-0.15, -0.1) is 5.10 Å². The summed E-state index contributed by atoms with van der Waals surface area (Å²) >= 11 is 0. The average molecular weight is 340 g/mol. The third-order valence-corrected chi connectivity index (χ3v) is 4.37. The Morgan fingerprint density at radius 3 is 2.40 bits per heavy atom. The maximum atomic E-state index is 10.8. The lowest BCUT2D eigenvalue weighted by Crippen LogP contribution is -2.47. The molecule has 0 unspecified atom stereocenters. The zero-order valence-corrected chi connectivity index (χ0v) is 13.6. The molecule has 1 saturated heterocycles. The molecular weight excluding hydrogens is 324 g/mol. The maximum absolute atomic E-state index is 10.8. The number of non-ortho nitro benzene ring substituents is 1. The Labute approximate surface area is 142 Å². The number of nitro groups is 1. The fraction of sp³-hybridized carbons (Fsp3) is 0.333. The van der Waals surface area contributed by atoms with E-state index in [1.165, 1.54) is 18.5 Å². The molecule has 1 aliphatic rings. The molecule has 1 fully saturated rings. The topological polar surface area (TPSA) is 106 Å². The molecule has 2 aromatic heterocycles. The Morgan fingerprint density at radius 2 is 1.72 bits per heavy atom. The van der Waals surface area contributed by atoms with Gasteiger partial charge in [-0.2, -0.15) is 0 Å². The number of hydrogen-bond acceptors (Lipinski definition) is 8. The van der Waals surface area contributed by atoms with Crippen LogP contribution in [0.4, 0.5) is 17.2 Å². The molecule has 0 bridgehead atoms. The summed E-state index contributed by atoms with van der Waals surface area (Å²) in [5, 5.41) is 18.9. The number of nitro benzene ring substituents is 1. The van der Waals surface area contributed by atoms with Gasteiger partial charge in [0.1, 0.15) is 6.33 Å². The monoisotopic (exact) mass is 340 g/mol. The van der Waals surface area contributed by atoms with E-state index in [-0.39, 0.29) is 10.6 Å². The lowest BCUT2D eigenvalue weighted by molar-refractivity contribution is -0.384. The van der Waals surface area contributed by atoms with E-state index in [9.17, 15) is 10.1 Å². The first-order valence-electron chi connectivity index (χ1n) is 7.88. The molecular formula is C15H16N8O2. The summed E-state index contributed by atoms with van der Waals surface area (Å²) in [5.74, 6) is 0.793. The van der Waals surface area contributed by atoms with Crippen LogP contribution >= 0.6 is 0 Å². The lowest BCUT2D eigenvalue weighted by Gasteiger charge is -2.36. The van der Waals surface area contributed by atoms with Crippen molar-refractivity contribution in [2.45, 2.75) is 0 Å². The van der Waals surface area contributed by atoms with E-state index >= 15 is 0 Å². The van der Waals surface area contributed by atoms with Crippen molar-refractivity contribution in [2.75, 3.05) is 36.0 Å². The van der Waals surface area contributed by atoms with Crippen LogP contribution < -0.4 is 9.80 Å². The number of aryl methyl sites for hydroxylation is 1. The smallest absolute Gasteiger partial charge is 0.269 e. The summed E-state index contributed by atoms with van der Waals surface area (Å²) in [6.07, 6.45) is 1.53. The molecule has 0 atom stereocenters. The second-order valence-corrected chi connectivity index (χ2v) is 5.83. The predicted molar refractivity (Wildman–Crippen MR) is 91.6 cm³/mol. The van der Waals surface area contributed by atoms with E-state index < -0.39 is 0 Å². The van der Waals surface area contributed by atoms with Crippen LogP contribution in [-0.4, -0.2) is 56.1 Å². The minimum atomic E-state index is -0.386. The molecule has 10 nitrogen and oxygen atoms in total. The van der Waals surface area contributed by atoms with Crippen molar-refractivity contribution in [3.8, 4) is 0 Å². The molecule has 128 valence electrons. The van der Waals surface area contributed by atoms with Gasteiger partial charge in [-0.05, 0) is 12.1 Å². The van der Waals surface area contributed by atoms with Gasteiger partial charge in [0.15, 0.2) is 17.0 Å². The molecule has 4 rings (SSSR count). The molecule has 10 heteroatoms. The number of benzene rings is 1. The minimum absolute atomic E-state index is 0.105. The van der Waals surface area contributed by atoms with Crippen molar-refractivity contribution < 1.29 is 4.92 Å². The summed E-state index contributed by atoms with van der Waals surface area (Å²) in [4.78, 5) is 23.3. The van der Waals surface area contributed by atoms with Crippen molar-refractivity contribution in [3.63, 3.8) is 0 Å². The van der Waals surface area contributed by atoms with Crippen LogP contribution in [0.25, 0.3) is 11.2 Å². The van der Waals surface area contributed by atoms with Crippen molar-refractivity contribution in [3.05, 3.63) is 40.7 Å². The summed E-state index contributed by atoms with van der Waals surface area (Å²) < 4.78 is 1.63. The van der Waals surface area contributed by atoms with Crippen LogP contribution in [0.5, 0.6) is 0 Å². The first-order valence-corrected chi connectivity index (χ1v) is 7.88. The summed E-state index contributed by atoms with van der Waals surface area (Å²) in [7, 11) is 1.80. The first-order chi connectivity index (χ1) is 12.1. The van der Waals surface area contributed by atoms with E-state index in [2.05, 4.69) is 30.1 Å². The van der Waals surface area contributed by atoms with E-state index in [0.29, 0.717) is 11.2 Å². The fourth-order valence-corrected chi connectivity index (χ4v) is 3.03. The highest BCUT2D eigenvalue weighted by Gasteiger charge is 2.22. The number of fused-ring (bicyclic) bond motifs is 1. The van der Waals surface area contributed by atoms with Gasteiger partial charge >= 0.3 is 0 Å². The van der Waals surface area contributed by atoms with E-state index in [1.807, 2.05) is 0 Å². The Kier molecular flexibility index (Phi) is 3.64. The number of anilines is 2. The maximum Gasteiger partial charge on any atom is 0.269 e. The number of nitrogens with zero attached hydrogens (tertiary/aromatic N) is 8. The first kappa shape index (κ1) is 15.2. The Hall–Kier alpha value is -3.30. The average Bonchev–Trinajstić information content (AvgIpc) is 3.03. The van der Waals surface area contributed by atoms with Crippen LogP contribution in [0.15, 0.2) is 30.6 Å². The van der Waals surface area contributed by atoms with Gasteiger partial charge in [-0.25, -0.2) is 14.6 Å². The fourth-order valence-electron chi connectivity index (χ4n) is 3.03. The highest BCUT2D eigenvalue weighted by atomic mass is 16.6. The number of aromatic nitrogens is 5. The zero-order valence-electron chi connectivity index (χ0n) is 13.6. The van der Waals surface area contributed by atoms with Gasteiger partial charge < -0.3 is 9.80 Å². The molecule has 0 N–H and O–H groups in total. The molecule has 3 aromatic rings. The molecule has 1 aromatic carbocycles. The van der Waals surface area contributed by atoms with E-state index in [4.69, 9.17) is 0 Å². The van der Waals surface area contributed by atoms with Gasteiger partial charge in [0, 0.05) is 51.0 Å². The Balaban J connectivity index is 1.50. The van der Waals surface area contributed by atoms with Crippen LogP contribution in [-0.2, 0) is 7.05 Å². The normalized spacial score (nSPS) is 14.9. The van der Waals surface area contributed by atoms with Gasteiger partial charge in [-0.1, -0.05) is 5.21 Å². The van der Waals surface area contributed by atoms with Crippen molar-refractivity contribution in [1.29, 1.82) is 0 Å². The number of rotatable bonds is 3. The van der Waals surface area contributed by atoms with Gasteiger partial charge in [0.2, 0.25) is 0 Å². The molecule has 25 heavy (non-hydrogen) atoms. The Bertz CT molecular complexity index is 915. The molecule has 0 radical (unpaired) electrons. The zero-order chi connectivity index (χ0) is 17.4. The summed E-state index contributed by atoms with van der Waals surface area (Å²) in [6.45, 7) is 3.15. The van der Waals surface area contributed by atoms with E-state index in [0.717, 1.165) is 37.7 Å². The van der Waals surface area contributed by atoms with Crippen LogP contribution in [0, 0.1) is 10.1 Å². The van der Waals surface area contributed by atoms with Gasteiger partial charge in [0.05, 0.1) is 4.92 Å². The van der Waals surface area contributed by atoms with Crippen LogP contribution in [0.1, 0.15) is 0 Å². The minimum Gasteiger partial charge on any atom is -0.368 e. The van der Waals surface area contributed by atoms with Crippen LogP contribution in [0.2, 0.25) is 0 Å². The lowest BCUT2D eigenvalue weighted by atomic mass is 10.2. The van der Waals surface area contributed by atoms with Crippen molar-refractivity contribution in [1.82, 2.24) is 25.0 Å². The van der Waals surface area contributed by atoms with Crippen molar-refractivity contribution >= 4 is 28.4 Å². The molecule has 0 aliphatic carbocycles. The third-order valence-electron chi connectivity index (χ3n) is 4.37. The van der Waals surface area contributed by atoms with Gasteiger partial charge in [-0.3, -0.25) is 10.1 Å². The standard InChI is InChI=1S/C15H16N8O2/c1-20-14-13(18-19-20)15(17-10-16-14)22-8-6-21(7-9-22)11-2-4-12(5-3-11)23(24)25/h2-5,10H,6-9H2,1H3. The molecule has 3 heterocycles. The number of piperazine rings is 1. The summed E-state index contributed by atoms with van der Waals surface area (Å²) in [5.41, 5.74) is 2.50. The second-order valence-electron chi connectivity index (χ2n) is 5.83. The molecule has 0 amide bonds.